The van der Waals surface area contributed by atoms with Gasteiger partial charge in [-0.25, -0.2) is 0 Å². The number of rotatable bonds is 4. The third-order valence-electron chi connectivity index (χ3n) is 4.25. The number of epoxide rings is 1. The molecule has 1 aliphatic carbocycles. The highest BCUT2D eigenvalue weighted by molar-refractivity contribution is 5.33. The van der Waals surface area contributed by atoms with Crippen LogP contribution in [0.4, 0.5) is 0 Å². The Morgan fingerprint density at radius 3 is 2.20 bits per heavy atom. The maximum Gasteiger partial charge on any atom is 0.127 e. The van der Waals surface area contributed by atoms with Crippen molar-refractivity contribution in [2.75, 3.05) is 0 Å². The monoisotopic (exact) mass is 266 g/mol. The van der Waals surface area contributed by atoms with Crippen LogP contribution in [-0.2, 0) is 11.2 Å². The summed E-state index contributed by atoms with van der Waals surface area (Å²) >= 11 is 0. The van der Waals surface area contributed by atoms with E-state index in [4.69, 9.17) is 9.47 Å². The first-order valence-corrected chi connectivity index (χ1v) is 7.34. The lowest BCUT2D eigenvalue weighted by Gasteiger charge is -2.12. The van der Waals surface area contributed by atoms with E-state index in [1.54, 1.807) is 0 Å². The summed E-state index contributed by atoms with van der Waals surface area (Å²) < 4.78 is 11.3. The fourth-order valence-electron chi connectivity index (χ4n) is 3.17. The largest absolute Gasteiger partial charge is 0.457 e. The lowest BCUT2D eigenvalue weighted by molar-refractivity contribution is 0.272. The number of hydrogen-bond acceptors (Lipinski definition) is 2. The van der Waals surface area contributed by atoms with Gasteiger partial charge >= 0.3 is 0 Å². The second-order valence-electron chi connectivity index (χ2n) is 5.81. The smallest absolute Gasteiger partial charge is 0.127 e. The summed E-state index contributed by atoms with van der Waals surface area (Å²) in [6.07, 6.45) is 4.82. The van der Waals surface area contributed by atoms with E-state index < -0.39 is 0 Å². The molecule has 0 unspecified atom stereocenters. The number of benzene rings is 2. The Bertz CT molecular complexity index is 566. The first-order valence-electron chi connectivity index (χ1n) is 7.34. The van der Waals surface area contributed by atoms with Crippen molar-refractivity contribution in [3.63, 3.8) is 0 Å². The minimum absolute atomic E-state index is 0.584. The molecule has 102 valence electrons. The zero-order chi connectivity index (χ0) is 13.4. The topological polar surface area (TPSA) is 21.8 Å². The van der Waals surface area contributed by atoms with Gasteiger partial charge in [0.2, 0.25) is 0 Å². The summed E-state index contributed by atoms with van der Waals surface area (Å²) in [5, 5.41) is 0. The van der Waals surface area contributed by atoms with Crippen molar-refractivity contribution in [3.05, 3.63) is 60.2 Å². The Labute approximate surface area is 119 Å². The number of ether oxygens (including phenoxy) is 2. The average Bonchev–Trinajstić information content (AvgIpc) is 3.09. The molecular weight excluding hydrogens is 248 g/mol. The molecule has 0 aromatic heterocycles. The van der Waals surface area contributed by atoms with Crippen LogP contribution >= 0.6 is 0 Å². The third-order valence-corrected chi connectivity index (χ3v) is 4.25. The summed E-state index contributed by atoms with van der Waals surface area (Å²) in [6.45, 7) is 0. The Balaban J connectivity index is 1.38. The van der Waals surface area contributed by atoms with Crippen LogP contribution in [-0.4, -0.2) is 12.2 Å². The second-order valence-corrected chi connectivity index (χ2v) is 5.81. The molecule has 3 atom stereocenters. The van der Waals surface area contributed by atoms with Crippen molar-refractivity contribution in [2.45, 2.75) is 31.5 Å². The Hall–Kier alpha value is -1.80. The van der Waals surface area contributed by atoms with Gasteiger partial charge in [0.05, 0.1) is 12.2 Å². The minimum Gasteiger partial charge on any atom is -0.457 e. The summed E-state index contributed by atoms with van der Waals surface area (Å²) in [5.74, 6) is 2.59. The Morgan fingerprint density at radius 1 is 0.850 bits per heavy atom. The van der Waals surface area contributed by atoms with Gasteiger partial charge < -0.3 is 9.47 Å². The molecule has 0 radical (unpaired) electrons. The second kappa shape index (κ2) is 4.95. The molecule has 1 saturated carbocycles. The van der Waals surface area contributed by atoms with Crippen LogP contribution in [0.5, 0.6) is 11.5 Å². The molecule has 0 bridgehead atoms. The summed E-state index contributed by atoms with van der Waals surface area (Å²) in [7, 11) is 0. The highest BCUT2D eigenvalue weighted by atomic mass is 16.6. The van der Waals surface area contributed by atoms with Crippen molar-refractivity contribution < 1.29 is 9.47 Å². The third kappa shape index (κ3) is 2.56. The van der Waals surface area contributed by atoms with Gasteiger partial charge in [-0.15, -0.1) is 0 Å². The molecule has 1 saturated heterocycles. The van der Waals surface area contributed by atoms with Crippen LogP contribution in [0.15, 0.2) is 54.6 Å². The van der Waals surface area contributed by atoms with Gasteiger partial charge in [0.25, 0.3) is 0 Å². The molecule has 2 aromatic carbocycles. The van der Waals surface area contributed by atoms with Crippen LogP contribution in [0.3, 0.4) is 0 Å². The van der Waals surface area contributed by atoms with Crippen LogP contribution in [0.25, 0.3) is 0 Å². The predicted molar refractivity (Wildman–Crippen MR) is 78.0 cm³/mol. The zero-order valence-corrected chi connectivity index (χ0v) is 11.4. The van der Waals surface area contributed by atoms with Gasteiger partial charge in [-0.2, -0.15) is 0 Å². The highest BCUT2D eigenvalue weighted by Gasteiger charge is 2.47. The lowest BCUT2D eigenvalue weighted by Crippen LogP contribution is -2.03. The Kier molecular flexibility index (Phi) is 2.96. The zero-order valence-electron chi connectivity index (χ0n) is 11.4. The van der Waals surface area contributed by atoms with Gasteiger partial charge in [-0.05, 0) is 55.0 Å². The lowest BCUT2D eigenvalue weighted by atomic mass is 9.97. The molecular formula is C18H18O2. The van der Waals surface area contributed by atoms with E-state index in [1.807, 2.05) is 30.3 Å². The number of para-hydroxylation sites is 1. The molecule has 2 heteroatoms. The Morgan fingerprint density at radius 2 is 1.50 bits per heavy atom. The SMILES string of the molecule is c1ccc(Oc2ccc(C[C@@H]3C[C@@H]4O[C@@H]4C3)cc2)cc1. The molecule has 2 nitrogen and oxygen atoms in total. The van der Waals surface area contributed by atoms with E-state index >= 15 is 0 Å². The van der Waals surface area contributed by atoms with E-state index in [2.05, 4.69) is 24.3 Å². The maximum absolute atomic E-state index is 5.81. The van der Waals surface area contributed by atoms with Crippen molar-refractivity contribution in [3.8, 4) is 11.5 Å². The van der Waals surface area contributed by atoms with Gasteiger partial charge in [0.15, 0.2) is 0 Å². The summed E-state index contributed by atoms with van der Waals surface area (Å²) in [5.41, 5.74) is 1.40. The van der Waals surface area contributed by atoms with Crippen LogP contribution in [0, 0.1) is 5.92 Å². The fraction of sp³-hybridized carbons (Fsp3) is 0.333. The van der Waals surface area contributed by atoms with Crippen molar-refractivity contribution in [1.82, 2.24) is 0 Å². The molecule has 1 aliphatic heterocycles. The molecule has 0 amide bonds. The highest BCUT2D eigenvalue weighted by Crippen LogP contribution is 2.43. The van der Waals surface area contributed by atoms with Gasteiger partial charge in [0.1, 0.15) is 11.5 Å². The van der Waals surface area contributed by atoms with E-state index in [9.17, 15) is 0 Å². The molecule has 0 N–H and O–H groups in total. The number of fused-ring (bicyclic) bond motifs is 1. The van der Waals surface area contributed by atoms with Gasteiger partial charge in [-0.1, -0.05) is 30.3 Å². The quantitative estimate of drug-likeness (QED) is 0.774. The normalized spacial score (nSPS) is 27.1. The molecule has 2 fully saturated rings. The first kappa shape index (κ1) is 12.0. The first-order chi connectivity index (χ1) is 9.87. The summed E-state index contributed by atoms with van der Waals surface area (Å²) in [6, 6.07) is 18.4. The minimum atomic E-state index is 0.584. The van der Waals surface area contributed by atoms with Crippen LogP contribution in [0.1, 0.15) is 18.4 Å². The van der Waals surface area contributed by atoms with E-state index in [0.29, 0.717) is 12.2 Å². The molecule has 2 aromatic rings. The van der Waals surface area contributed by atoms with Gasteiger partial charge in [0, 0.05) is 0 Å². The maximum atomic E-state index is 5.81. The van der Waals surface area contributed by atoms with Crippen LogP contribution < -0.4 is 4.74 Å². The van der Waals surface area contributed by atoms with Crippen molar-refractivity contribution in [1.29, 1.82) is 0 Å². The molecule has 0 spiro atoms. The number of hydrogen-bond donors (Lipinski definition) is 0. The molecule has 1 heterocycles. The van der Waals surface area contributed by atoms with E-state index in [1.165, 1.54) is 24.8 Å². The molecule has 2 aliphatic rings. The van der Waals surface area contributed by atoms with Crippen LogP contribution in [0.2, 0.25) is 0 Å². The van der Waals surface area contributed by atoms with Crippen molar-refractivity contribution >= 4 is 0 Å². The molecule has 20 heavy (non-hydrogen) atoms. The van der Waals surface area contributed by atoms with E-state index in [0.717, 1.165) is 17.4 Å². The van der Waals surface area contributed by atoms with Gasteiger partial charge in [-0.3, -0.25) is 0 Å². The fourth-order valence-corrected chi connectivity index (χ4v) is 3.17. The van der Waals surface area contributed by atoms with Crippen molar-refractivity contribution in [2.24, 2.45) is 5.92 Å². The molecule has 4 rings (SSSR count). The van der Waals surface area contributed by atoms with E-state index in [-0.39, 0.29) is 0 Å². The predicted octanol–water partition coefficient (Wildman–Crippen LogP) is 4.20. The average molecular weight is 266 g/mol. The standard InChI is InChI=1S/C18H18O2/c1-2-4-15(5-3-1)19-16-8-6-13(7-9-16)10-14-11-17-18(12-14)20-17/h1-9,14,17-18H,10-12H2/t14-,17+,18-. The summed E-state index contributed by atoms with van der Waals surface area (Å²) in [4.78, 5) is 0.